The number of carbonyl (C=O) groups is 1. The van der Waals surface area contributed by atoms with E-state index in [-0.39, 0.29) is 5.56 Å². The highest BCUT2D eigenvalue weighted by Gasteiger charge is 2.13. The molecule has 0 bridgehead atoms. The minimum atomic E-state index is -1.02. The van der Waals surface area contributed by atoms with Gasteiger partial charge in [0, 0.05) is 6.20 Å². The van der Waals surface area contributed by atoms with Gasteiger partial charge in [-0.3, -0.25) is 0 Å². The number of methoxy groups -OCH3 is 1. The average molecular weight is 338 g/mol. The quantitative estimate of drug-likeness (QED) is 0.922. The molecule has 6 heteroatoms. The summed E-state index contributed by atoms with van der Waals surface area (Å²) in [6.45, 7) is 1.92. The molecule has 5 nitrogen and oxygen atoms in total. The molecular formula is C14H12BrNO4. The molecule has 1 N–H and O–H groups in total. The smallest absolute Gasteiger partial charge is 0.335 e. The number of benzene rings is 1. The Bertz CT molecular complexity index is 658. The van der Waals surface area contributed by atoms with Gasteiger partial charge in [0.2, 0.25) is 5.88 Å². The average Bonchev–Trinajstić information content (AvgIpc) is 2.44. The summed E-state index contributed by atoms with van der Waals surface area (Å²) >= 11 is 3.40. The molecule has 0 amide bonds. The number of ether oxygens (including phenoxy) is 2. The fraction of sp³-hybridized carbons (Fsp3) is 0.143. The van der Waals surface area contributed by atoms with Crippen LogP contribution in [0.3, 0.4) is 0 Å². The van der Waals surface area contributed by atoms with E-state index in [9.17, 15) is 4.79 Å². The summed E-state index contributed by atoms with van der Waals surface area (Å²) in [4.78, 5) is 15.0. The van der Waals surface area contributed by atoms with Crippen LogP contribution >= 0.6 is 15.9 Å². The van der Waals surface area contributed by atoms with Crippen molar-refractivity contribution in [2.24, 2.45) is 0 Å². The van der Waals surface area contributed by atoms with Crippen molar-refractivity contribution in [2.45, 2.75) is 6.92 Å². The van der Waals surface area contributed by atoms with Crippen LogP contribution in [0.4, 0.5) is 0 Å². The highest BCUT2D eigenvalue weighted by Crippen LogP contribution is 2.35. The zero-order valence-corrected chi connectivity index (χ0v) is 12.5. The molecule has 0 atom stereocenters. The lowest BCUT2D eigenvalue weighted by atomic mass is 10.2. The number of halogens is 1. The van der Waals surface area contributed by atoms with Crippen molar-refractivity contribution in [1.29, 1.82) is 0 Å². The number of aryl methyl sites for hydroxylation is 1. The second kappa shape index (κ2) is 5.92. The van der Waals surface area contributed by atoms with Crippen molar-refractivity contribution in [3.05, 3.63) is 46.1 Å². The van der Waals surface area contributed by atoms with E-state index in [2.05, 4.69) is 20.9 Å². The molecule has 0 aliphatic rings. The minimum absolute atomic E-state index is 0.130. The third kappa shape index (κ3) is 2.91. The zero-order valence-electron chi connectivity index (χ0n) is 10.9. The molecule has 2 aromatic rings. The third-order valence-electron chi connectivity index (χ3n) is 2.67. The van der Waals surface area contributed by atoms with Crippen molar-refractivity contribution in [1.82, 2.24) is 4.98 Å². The Morgan fingerprint density at radius 2 is 2.05 bits per heavy atom. The maximum atomic E-state index is 10.9. The van der Waals surface area contributed by atoms with Gasteiger partial charge >= 0.3 is 5.97 Å². The molecule has 0 radical (unpaired) electrons. The third-order valence-corrected chi connectivity index (χ3v) is 3.63. The SMILES string of the molecule is COc1cc(C(=O)O)ccc1Oc1nccc(C)c1Br. The first kappa shape index (κ1) is 14.3. The molecular weight excluding hydrogens is 326 g/mol. The predicted octanol–water partition coefficient (Wildman–Crippen LogP) is 3.65. The summed E-state index contributed by atoms with van der Waals surface area (Å²) in [7, 11) is 1.45. The maximum absolute atomic E-state index is 10.9. The fourth-order valence-electron chi connectivity index (χ4n) is 1.58. The first-order valence-corrected chi connectivity index (χ1v) is 6.52. The normalized spacial score (nSPS) is 10.2. The molecule has 0 saturated heterocycles. The summed E-state index contributed by atoms with van der Waals surface area (Å²) < 4.78 is 11.6. The fourth-order valence-corrected chi connectivity index (χ4v) is 1.89. The lowest BCUT2D eigenvalue weighted by Crippen LogP contribution is -1.99. The van der Waals surface area contributed by atoms with E-state index in [4.69, 9.17) is 14.6 Å². The van der Waals surface area contributed by atoms with Gasteiger partial charge in [-0.1, -0.05) is 0 Å². The molecule has 1 aromatic carbocycles. The van der Waals surface area contributed by atoms with Crippen LogP contribution in [0.2, 0.25) is 0 Å². The second-order valence-electron chi connectivity index (χ2n) is 4.02. The zero-order chi connectivity index (χ0) is 14.7. The Morgan fingerprint density at radius 1 is 1.30 bits per heavy atom. The number of hydrogen-bond donors (Lipinski definition) is 1. The molecule has 0 spiro atoms. The van der Waals surface area contributed by atoms with Gasteiger partial charge in [-0.2, -0.15) is 0 Å². The number of aromatic carboxylic acids is 1. The van der Waals surface area contributed by atoms with Crippen LogP contribution in [-0.2, 0) is 0 Å². The Labute approximate surface area is 124 Å². The van der Waals surface area contributed by atoms with E-state index in [0.29, 0.717) is 17.4 Å². The van der Waals surface area contributed by atoms with Crippen LogP contribution in [0.1, 0.15) is 15.9 Å². The van der Waals surface area contributed by atoms with Gasteiger partial charge in [-0.05, 0) is 52.7 Å². The lowest BCUT2D eigenvalue weighted by molar-refractivity contribution is 0.0696. The summed E-state index contributed by atoms with van der Waals surface area (Å²) in [5, 5.41) is 8.95. The van der Waals surface area contributed by atoms with Gasteiger partial charge in [-0.25, -0.2) is 9.78 Å². The lowest BCUT2D eigenvalue weighted by Gasteiger charge is -2.12. The largest absolute Gasteiger partial charge is 0.493 e. The molecule has 0 saturated carbocycles. The molecule has 0 unspecified atom stereocenters. The van der Waals surface area contributed by atoms with E-state index >= 15 is 0 Å². The number of carboxylic acids is 1. The number of nitrogens with zero attached hydrogens (tertiary/aromatic N) is 1. The van der Waals surface area contributed by atoms with Crippen molar-refractivity contribution in [3.63, 3.8) is 0 Å². The van der Waals surface area contributed by atoms with Crippen LogP contribution in [-0.4, -0.2) is 23.2 Å². The highest BCUT2D eigenvalue weighted by molar-refractivity contribution is 9.10. The van der Waals surface area contributed by atoms with Gasteiger partial charge < -0.3 is 14.6 Å². The van der Waals surface area contributed by atoms with E-state index in [1.165, 1.54) is 19.2 Å². The van der Waals surface area contributed by atoms with Crippen molar-refractivity contribution in [3.8, 4) is 17.4 Å². The Kier molecular flexibility index (Phi) is 4.24. The van der Waals surface area contributed by atoms with E-state index in [1.807, 2.05) is 13.0 Å². The van der Waals surface area contributed by atoms with E-state index in [0.717, 1.165) is 10.0 Å². The summed E-state index contributed by atoms with van der Waals surface area (Å²) in [5.74, 6) is 0.104. The van der Waals surface area contributed by atoms with E-state index < -0.39 is 5.97 Å². The summed E-state index contributed by atoms with van der Waals surface area (Å²) in [6, 6.07) is 6.24. The monoisotopic (exact) mass is 337 g/mol. The van der Waals surface area contributed by atoms with Crippen LogP contribution in [0, 0.1) is 6.92 Å². The van der Waals surface area contributed by atoms with Gasteiger partial charge in [0.15, 0.2) is 11.5 Å². The van der Waals surface area contributed by atoms with Crippen LogP contribution in [0.25, 0.3) is 0 Å². The standard InChI is InChI=1S/C14H12BrNO4/c1-8-5-6-16-13(12(8)15)20-10-4-3-9(14(17)18)7-11(10)19-2/h3-7H,1-2H3,(H,17,18). The van der Waals surface area contributed by atoms with Crippen LogP contribution in [0.15, 0.2) is 34.9 Å². The number of rotatable bonds is 4. The van der Waals surface area contributed by atoms with Crippen molar-refractivity contribution < 1.29 is 19.4 Å². The maximum Gasteiger partial charge on any atom is 0.335 e. The Balaban J connectivity index is 2.38. The van der Waals surface area contributed by atoms with Gasteiger partial charge in [0.25, 0.3) is 0 Å². The summed E-state index contributed by atoms with van der Waals surface area (Å²) in [6.07, 6.45) is 1.63. The summed E-state index contributed by atoms with van der Waals surface area (Å²) in [5.41, 5.74) is 1.11. The Hall–Kier alpha value is -2.08. The minimum Gasteiger partial charge on any atom is -0.493 e. The first-order valence-electron chi connectivity index (χ1n) is 5.73. The molecule has 2 rings (SSSR count). The second-order valence-corrected chi connectivity index (χ2v) is 4.81. The predicted molar refractivity (Wildman–Crippen MR) is 76.7 cm³/mol. The molecule has 1 heterocycles. The van der Waals surface area contributed by atoms with Gasteiger partial charge in [0.05, 0.1) is 17.1 Å². The highest BCUT2D eigenvalue weighted by atomic mass is 79.9. The van der Waals surface area contributed by atoms with Crippen LogP contribution < -0.4 is 9.47 Å². The molecule has 0 fully saturated rings. The van der Waals surface area contributed by atoms with Crippen molar-refractivity contribution in [2.75, 3.05) is 7.11 Å². The molecule has 104 valence electrons. The molecule has 0 aliphatic heterocycles. The van der Waals surface area contributed by atoms with Crippen LogP contribution in [0.5, 0.6) is 17.4 Å². The number of pyridine rings is 1. The van der Waals surface area contributed by atoms with Gasteiger partial charge in [-0.15, -0.1) is 0 Å². The number of carboxylic acid groups (broad SMARTS) is 1. The van der Waals surface area contributed by atoms with Gasteiger partial charge in [0.1, 0.15) is 0 Å². The Morgan fingerprint density at radius 3 is 2.70 bits per heavy atom. The molecule has 20 heavy (non-hydrogen) atoms. The van der Waals surface area contributed by atoms with Crippen molar-refractivity contribution >= 4 is 21.9 Å². The molecule has 0 aliphatic carbocycles. The topological polar surface area (TPSA) is 68.7 Å². The first-order chi connectivity index (χ1) is 9.52. The number of hydrogen-bond acceptors (Lipinski definition) is 4. The van der Waals surface area contributed by atoms with E-state index in [1.54, 1.807) is 12.3 Å². The number of aromatic nitrogens is 1. The molecule has 1 aromatic heterocycles.